The molecular formula is C16H19N3O3. The number of amides is 2. The van der Waals surface area contributed by atoms with Crippen molar-refractivity contribution < 1.29 is 14.1 Å². The summed E-state index contributed by atoms with van der Waals surface area (Å²) in [5.41, 5.74) is 1.34. The fourth-order valence-electron chi connectivity index (χ4n) is 2.75. The molecule has 1 aromatic heterocycles. The van der Waals surface area contributed by atoms with Crippen molar-refractivity contribution >= 4 is 22.8 Å². The van der Waals surface area contributed by atoms with Gasteiger partial charge in [0.2, 0.25) is 11.8 Å². The lowest BCUT2D eigenvalue weighted by molar-refractivity contribution is -0.129. The molecule has 1 fully saturated rings. The van der Waals surface area contributed by atoms with Crippen LogP contribution in [0.25, 0.3) is 11.0 Å². The molecule has 1 aliphatic rings. The van der Waals surface area contributed by atoms with Crippen LogP contribution in [0.5, 0.6) is 0 Å². The van der Waals surface area contributed by atoms with Gasteiger partial charge < -0.3 is 14.7 Å². The Morgan fingerprint density at radius 1 is 1.41 bits per heavy atom. The van der Waals surface area contributed by atoms with Crippen molar-refractivity contribution in [3.8, 4) is 0 Å². The van der Waals surface area contributed by atoms with Crippen molar-refractivity contribution in [2.75, 3.05) is 13.6 Å². The van der Waals surface area contributed by atoms with Gasteiger partial charge in [0.1, 0.15) is 5.69 Å². The average molecular weight is 301 g/mol. The lowest BCUT2D eigenvalue weighted by atomic mass is 10.1. The smallest absolute Gasteiger partial charge is 0.226 e. The summed E-state index contributed by atoms with van der Waals surface area (Å²) < 4.78 is 5.21. The summed E-state index contributed by atoms with van der Waals surface area (Å²) in [5.74, 6) is 0.0558. The van der Waals surface area contributed by atoms with E-state index < -0.39 is 0 Å². The average Bonchev–Trinajstić information content (AvgIpc) is 2.85. The van der Waals surface area contributed by atoms with Gasteiger partial charge in [0, 0.05) is 31.4 Å². The molecular weight excluding hydrogens is 282 g/mol. The second kappa shape index (κ2) is 6.17. The summed E-state index contributed by atoms with van der Waals surface area (Å²) in [6.45, 7) is 0.677. The van der Waals surface area contributed by atoms with E-state index in [4.69, 9.17) is 4.52 Å². The lowest BCUT2D eigenvalue weighted by Gasteiger charge is -2.16. The third-order valence-electron chi connectivity index (χ3n) is 4.09. The summed E-state index contributed by atoms with van der Waals surface area (Å²) >= 11 is 0. The van der Waals surface area contributed by atoms with Gasteiger partial charge in [-0.3, -0.25) is 9.59 Å². The molecule has 1 N–H and O–H groups in total. The van der Waals surface area contributed by atoms with Gasteiger partial charge in [-0.25, -0.2) is 0 Å². The Labute approximate surface area is 128 Å². The van der Waals surface area contributed by atoms with E-state index in [2.05, 4.69) is 10.5 Å². The molecule has 0 saturated carbocycles. The van der Waals surface area contributed by atoms with Crippen molar-refractivity contribution in [3.63, 3.8) is 0 Å². The molecule has 1 saturated heterocycles. The number of fused-ring (bicyclic) bond motifs is 1. The number of aromatic nitrogens is 1. The Morgan fingerprint density at radius 3 is 3.09 bits per heavy atom. The monoisotopic (exact) mass is 301 g/mol. The predicted octanol–water partition coefficient (Wildman–Crippen LogP) is 1.50. The first kappa shape index (κ1) is 14.6. The number of benzene rings is 1. The van der Waals surface area contributed by atoms with Crippen LogP contribution in [0.3, 0.4) is 0 Å². The molecule has 0 radical (unpaired) electrons. The van der Waals surface area contributed by atoms with Crippen molar-refractivity contribution in [3.05, 3.63) is 30.0 Å². The normalized spacial score (nSPS) is 19.2. The summed E-state index contributed by atoms with van der Waals surface area (Å²) in [6, 6.07) is 7.54. The van der Waals surface area contributed by atoms with E-state index in [9.17, 15) is 9.59 Å². The summed E-state index contributed by atoms with van der Waals surface area (Å²) in [6.07, 6.45) is 2.15. The minimum atomic E-state index is -0.0824. The molecule has 1 aliphatic heterocycles. The van der Waals surface area contributed by atoms with Gasteiger partial charge in [0.05, 0.1) is 6.42 Å². The van der Waals surface area contributed by atoms with E-state index in [1.165, 1.54) is 0 Å². The molecule has 0 bridgehead atoms. The highest BCUT2D eigenvalue weighted by Crippen LogP contribution is 2.18. The zero-order valence-electron chi connectivity index (χ0n) is 12.5. The largest absolute Gasteiger partial charge is 0.356 e. The topological polar surface area (TPSA) is 75.4 Å². The van der Waals surface area contributed by atoms with Crippen LogP contribution < -0.4 is 5.32 Å². The maximum absolute atomic E-state index is 12.2. The molecule has 22 heavy (non-hydrogen) atoms. The Bertz CT molecular complexity index is 695. The van der Waals surface area contributed by atoms with E-state index in [1.54, 1.807) is 11.9 Å². The third kappa shape index (κ3) is 3.10. The molecule has 2 amide bonds. The number of carbonyl (C=O) groups excluding carboxylic acids is 2. The number of rotatable bonds is 3. The first-order valence-electron chi connectivity index (χ1n) is 7.50. The van der Waals surface area contributed by atoms with Crippen LogP contribution in [-0.2, 0) is 16.0 Å². The first-order valence-corrected chi connectivity index (χ1v) is 7.50. The van der Waals surface area contributed by atoms with Crippen molar-refractivity contribution in [2.24, 2.45) is 0 Å². The Balaban J connectivity index is 1.62. The molecule has 0 spiro atoms. The van der Waals surface area contributed by atoms with Crippen molar-refractivity contribution in [1.82, 2.24) is 15.4 Å². The van der Waals surface area contributed by atoms with Crippen LogP contribution in [0.4, 0.5) is 0 Å². The number of carbonyl (C=O) groups is 2. The highest BCUT2D eigenvalue weighted by Gasteiger charge is 2.22. The van der Waals surface area contributed by atoms with E-state index in [-0.39, 0.29) is 24.3 Å². The molecule has 2 heterocycles. The number of nitrogens with zero attached hydrogens (tertiary/aromatic N) is 2. The summed E-state index contributed by atoms with van der Waals surface area (Å²) in [7, 11) is 1.80. The van der Waals surface area contributed by atoms with Crippen LogP contribution in [0.2, 0.25) is 0 Å². The molecule has 6 heteroatoms. The van der Waals surface area contributed by atoms with Gasteiger partial charge in [0.15, 0.2) is 5.58 Å². The number of hydrogen-bond donors (Lipinski definition) is 1. The fraction of sp³-hybridized carbons (Fsp3) is 0.438. The van der Waals surface area contributed by atoms with E-state index in [0.29, 0.717) is 30.7 Å². The van der Waals surface area contributed by atoms with Gasteiger partial charge in [-0.05, 0) is 25.0 Å². The molecule has 1 atom stereocenters. The fourth-order valence-corrected chi connectivity index (χ4v) is 2.75. The number of nitrogens with one attached hydrogen (secondary N) is 1. The Kier molecular flexibility index (Phi) is 4.09. The molecule has 116 valence electrons. The standard InChI is InChI=1S/C16H19N3O3/c1-19-9-8-11(6-7-16(19)21)17-15(20)10-13-12-4-2-3-5-14(12)22-18-13/h2-5,11H,6-10H2,1H3,(H,17,20). The molecule has 0 aliphatic carbocycles. The minimum Gasteiger partial charge on any atom is -0.356 e. The molecule has 1 unspecified atom stereocenters. The van der Waals surface area contributed by atoms with Crippen LogP contribution >= 0.6 is 0 Å². The number of likely N-dealkylation sites (tertiary alicyclic amines) is 1. The van der Waals surface area contributed by atoms with E-state index >= 15 is 0 Å². The lowest BCUT2D eigenvalue weighted by Crippen LogP contribution is -2.36. The highest BCUT2D eigenvalue weighted by molar-refractivity contribution is 5.86. The molecule has 3 rings (SSSR count). The zero-order valence-corrected chi connectivity index (χ0v) is 12.5. The van der Waals surface area contributed by atoms with Crippen LogP contribution in [0, 0.1) is 0 Å². The second-order valence-electron chi connectivity index (χ2n) is 5.71. The Morgan fingerprint density at radius 2 is 2.23 bits per heavy atom. The first-order chi connectivity index (χ1) is 10.6. The molecule has 1 aromatic carbocycles. The molecule has 6 nitrogen and oxygen atoms in total. The quantitative estimate of drug-likeness (QED) is 0.932. The Hall–Kier alpha value is -2.37. The van der Waals surface area contributed by atoms with Crippen LogP contribution in [0.1, 0.15) is 25.0 Å². The molecule has 2 aromatic rings. The third-order valence-corrected chi connectivity index (χ3v) is 4.09. The maximum atomic E-state index is 12.2. The number of hydrogen-bond acceptors (Lipinski definition) is 4. The van der Waals surface area contributed by atoms with Gasteiger partial charge in [0.25, 0.3) is 0 Å². The zero-order chi connectivity index (χ0) is 15.5. The second-order valence-corrected chi connectivity index (χ2v) is 5.71. The van der Waals surface area contributed by atoms with Crippen LogP contribution in [-0.4, -0.2) is 41.5 Å². The van der Waals surface area contributed by atoms with Gasteiger partial charge in [-0.1, -0.05) is 17.3 Å². The maximum Gasteiger partial charge on any atom is 0.226 e. The van der Waals surface area contributed by atoms with E-state index in [1.807, 2.05) is 24.3 Å². The van der Waals surface area contributed by atoms with E-state index in [0.717, 1.165) is 11.8 Å². The SMILES string of the molecule is CN1CCC(NC(=O)Cc2noc3ccccc23)CCC1=O. The minimum absolute atomic E-state index is 0.0413. The summed E-state index contributed by atoms with van der Waals surface area (Å²) in [4.78, 5) is 25.6. The van der Waals surface area contributed by atoms with Crippen molar-refractivity contribution in [1.29, 1.82) is 0 Å². The highest BCUT2D eigenvalue weighted by atomic mass is 16.5. The number of para-hydroxylation sites is 1. The van der Waals surface area contributed by atoms with Gasteiger partial charge in [-0.2, -0.15) is 0 Å². The summed E-state index contributed by atoms with van der Waals surface area (Å²) in [5, 5.41) is 7.85. The van der Waals surface area contributed by atoms with Gasteiger partial charge in [-0.15, -0.1) is 0 Å². The predicted molar refractivity (Wildman–Crippen MR) is 81.1 cm³/mol. The van der Waals surface area contributed by atoms with Crippen molar-refractivity contribution in [2.45, 2.75) is 31.7 Å². The van der Waals surface area contributed by atoms with Crippen LogP contribution in [0.15, 0.2) is 28.8 Å². The van der Waals surface area contributed by atoms with Gasteiger partial charge >= 0.3 is 0 Å².